The number of hydrogen-bond acceptors (Lipinski definition) is 2. The van der Waals surface area contributed by atoms with Gasteiger partial charge in [0.2, 0.25) is 0 Å². The number of hydrogen-bond donors (Lipinski definition) is 1. The van der Waals surface area contributed by atoms with Gasteiger partial charge in [-0.25, -0.2) is 0 Å². The van der Waals surface area contributed by atoms with E-state index in [1.165, 1.54) is 0 Å². The Bertz CT molecular complexity index is 295. The van der Waals surface area contributed by atoms with Crippen molar-refractivity contribution < 1.29 is 13.2 Å². The van der Waals surface area contributed by atoms with Crippen LogP contribution in [0, 0.1) is 0 Å². The summed E-state index contributed by atoms with van der Waals surface area (Å²) in [6.45, 7) is -0.703. The SMILES string of the molecule is CSc1ccc(CNCC(F)(F)F)cc1. The molecule has 1 rings (SSSR count). The van der Waals surface area contributed by atoms with Gasteiger partial charge in [-0.3, -0.25) is 0 Å². The van der Waals surface area contributed by atoms with Gasteiger partial charge in [-0.1, -0.05) is 12.1 Å². The van der Waals surface area contributed by atoms with E-state index in [0.29, 0.717) is 0 Å². The van der Waals surface area contributed by atoms with Crippen LogP contribution in [0.4, 0.5) is 13.2 Å². The number of alkyl halides is 3. The molecule has 0 unspecified atom stereocenters. The van der Waals surface area contributed by atoms with Crippen LogP contribution in [0.5, 0.6) is 0 Å². The van der Waals surface area contributed by atoms with Crippen LogP contribution in [0.3, 0.4) is 0 Å². The molecule has 1 aromatic carbocycles. The van der Waals surface area contributed by atoms with E-state index < -0.39 is 12.7 Å². The first kappa shape index (κ1) is 12.4. The Labute approximate surface area is 91.1 Å². The van der Waals surface area contributed by atoms with E-state index in [9.17, 15) is 13.2 Å². The summed E-state index contributed by atoms with van der Waals surface area (Å²) in [6.07, 6.45) is -2.18. The number of rotatable bonds is 4. The molecule has 84 valence electrons. The molecule has 0 heterocycles. The van der Waals surface area contributed by atoms with Crippen molar-refractivity contribution in [2.24, 2.45) is 0 Å². The molecule has 0 aliphatic heterocycles. The lowest BCUT2D eigenvalue weighted by Gasteiger charge is -2.08. The van der Waals surface area contributed by atoms with Crippen LogP contribution in [-0.4, -0.2) is 19.0 Å². The van der Waals surface area contributed by atoms with E-state index in [1.807, 2.05) is 30.5 Å². The highest BCUT2D eigenvalue weighted by Crippen LogP contribution is 2.15. The first-order valence-corrected chi connectivity index (χ1v) is 5.64. The third-order valence-corrected chi connectivity index (χ3v) is 2.56. The lowest BCUT2D eigenvalue weighted by Crippen LogP contribution is -2.28. The standard InChI is InChI=1S/C10H12F3NS/c1-15-9-4-2-8(3-5-9)6-14-7-10(11,12)13/h2-5,14H,6-7H2,1H3. The van der Waals surface area contributed by atoms with Crippen LogP contribution in [0.1, 0.15) is 5.56 Å². The molecule has 0 amide bonds. The fourth-order valence-electron chi connectivity index (χ4n) is 1.09. The molecule has 1 nitrogen and oxygen atoms in total. The average Bonchev–Trinajstić information content (AvgIpc) is 2.17. The molecule has 0 aliphatic rings. The molecule has 0 bridgehead atoms. The number of halogens is 3. The predicted molar refractivity (Wildman–Crippen MR) is 56.0 cm³/mol. The first-order valence-electron chi connectivity index (χ1n) is 4.41. The molecule has 0 spiro atoms. The molecule has 1 N–H and O–H groups in total. The van der Waals surface area contributed by atoms with E-state index in [1.54, 1.807) is 11.8 Å². The minimum atomic E-state index is -4.14. The summed E-state index contributed by atoms with van der Waals surface area (Å²) >= 11 is 1.61. The van der Waals surface area contributed by atoms with Crippen molar-refractivity contribution in [3.05, 3.63) is 29.8 Å². The van der Waals surface area contributed by atoms with Crippen LogP contribution >= 0.6 is 11.8 Å². The third-order valence-electron chi connectivity index (χ3n) is 1.81. The van der Waals surface area contributed by atoms with Crippen molar-refractivity contribution in [3.8, 4) is 0 Å². The zero-order chi connectivity index (χ0) is 11.3. The van der Waals surface area contributed by atoms with Crippen molar-refractivity contribution >= 4 is 11.8 Å². The smallest absolute Gasteiger partial charge is 0.305 e. The fourth-order valence-corrected chi connectivity index (χ4v) is 1.50. The first-order chi connectivity index (χ1) is 7.01. The normalized spacial score (nSPS) is 11.7. The molecule has 15 heavy (non-hydrogen) atoms. The van der Waals surface area contributed by atoms with E-state index in [0.717, 1.165) is 10.5 Å². The third kappa shape index (κ3) is 5.09. The monoisotopic (exact) mass is 235 g/mol. The largest absolute Gasteiger partial charge is 0.401 e. The highest BCUT2D eigenvalue weighted by molar-refractivity contribution is 7.98. The topological polar surface area (TPSA) is 12.0 Å². The van der Waals surface area contributed by atoms with Crippen molar-refractivity contribution in [2.75, 3.05) is 12.8 Å². The molecule has 0 atom stereocenters. The zero-order valence-corrected chi connectivity index (χ0v) is 9.08. The molecule has 0 radical (unpaired) electrons. The second kappa shape index (κ2) is 5.42. The second-order valence-corrected chi connectivity index (χ2v) is 3.95. The van der Waals surface area contributed by atoms with Gasteiger partial charge in [0, 0.05) is 11.4 Å². The van der Waals surface area contributed by atoms with Crippen molar-refractivity contribution in [1.82, 2.24) is 5.32 Å². The Morgan fingerprint density at radius 3 is 2.27 bits per heavy atom. The maximum Gasteiger partial charge on any atom is 0.401 e. The molecule has 1 aromatic rings. The number of thioether (sulfide) groups is 1. The van der Waals surface area contributed by atoms with Gasteiger partial charge >= 0.3 is 6.18 Å². The Hall–Kier alpha value is -0.680. The summed E-state index contributed by atoms with van der Waals surface area (Å²) in [5.41, 5.74) is 0.858. The molecule has 0 fully saturated rings. The molecule has 0 saturated heterocycles. The van der Waals surface area contributed by atoms with Crippen molar-refractivity contribution in [1.29, 1.82) is 0 Å². The summed E-state index contributed by atoms with van der Waals surface area (Å²) in [5, 5.41) is 2.35. The van der Waals surface area contributed by atoms with Gasteiger partial charge < -0.3 is 5.32 Å². The summed E-state index contributed by atoms with van der Waals surface area (Å²) < 4.78 is 35.4. The van der Waals surface area contributed by atoms with Crippen LogP contribution < -0.4 is 5.32 Å². The molecule has 0 saturated carbocycles. The van der Waals surface area contributed by atoms with E-state index in [2.05, 4.69) is 5.32 Å². The Kier molecular flexibility index (Phi) is 4.47. The average molecular weight is 235 g/mol. The predicted octanol–water partition coefficient (Wildman–Crippen LogP) is 3.06. The lowest BCUT2D eigenvalue weighted by molar-refractivity contribution is -0.125. The molecular weight excluding hydrogens is 223 g/mol. The van der Waals surface area contributed by atoms with E-state index in [4.69, 9.17) is 0 Å². The summed E-state index contributed by atoms with van der Waals surface area (Å²) in [4.78, 5) is 1.11. The van der Waals surface area contributed by atoms with Crippen LogP contribution in [0.15, 0.2) is 29.2 Å². The minimum Gasteiger partial charge on any atom is -0.305 e. The Balaban J connectivity index is 2.38. The van der Waals surface area contributed by atoms with Gasteiger partial charge in [0.05, 0.1) is 6.54 Å². The molecule has 0 aliphatic carbocycles. The van der Waals surface area contributed by atoms with Gasteiger partial charge in [-0.2, -0.15) is 13.2 Å². The summed E-state index contributed by atoms with van der Waals surface area (Å²) in [6, 6.07) is 7.45. The zero-order valence-electron chi connectivity index (χ0n) is 8.27. The minimum absolute atomic E-state index is 0.244. The Morgan fingerprint density at radius 2 is 1.80 bits per heavy atom. The molecular formula is C10H12F3NS. The quantitative estimate of drug-likeness (QED) is 0.805. The fraction of sp³-hybridized carbons (Fsp3) is 0.400. The van der Waals surface area contributed by atoms with Crippen molar-refractivity contribution in [2.45, 2.75) is 17.6 Å². The van der Waals surface area contributed by atoms with E-state index >= 15 is 0 Å². The van der Waals surface area contributed by atoms with Crippen LogP contribution in [-0.2, 0) is 6.54 Å². The highest BCUT2D eigenvalue weighted by Gasteiger charge is 2.25. The highest BCUT2D eigenvalue weighted by atomic mass is 32.2. The van der Waals surface area contributed by atoms with Crippen LogP contribution in [0.25, 0.3) is 0 Å². The number of nitrogens with one attached hydrogen (secondary N) is 1. The lowest BCUT2D eigenvalue weighted by atomic mass is 10.2. The van der Waals surface area contributed by atoms with E-state index in [-0.39, 0.29) is 6.54 Å². The second-order valence-electron chi connectivity index (χ2n) is 3.07. The number of benzene rings is 1. The van der Waals surface area contributed by atoms with Crippen LogP contribution in [0.2, 0.25) is 0 Å². The Morgan fingerprint density at radius 1 is 1.20 bits per heavy atom. The van der Waals surface area contributed by atoms with Gasteiger partial charge in [0.15, 0.2) is 0 Å². The van der Waals surface area contributed by atoms with Crippen molar-refractivity contribution in [3.63, 3.8) is 0 Å². The van der Waals surface area contributed by atoms with Gasteiger partial charge in [-0.15, -0.1) is 11.8 Å². The maximum atomic E-state index is 11.8. The maximum absolute atomic E-state index is 11.8. The molecule has 0 aromatic heterocycles. The molecule has 5 heteroatoms. The van der Waals surface area contributed by atoms with Gasteiger partial charge in [0.25, 0.3) is 0 Å². The van der Waals surface area contributed by atoms with Gasteiger partial charge in [0.1, 0.15) is 0 Å². The summed E-state index contributed by atoms with van der Waals surface area (Å²) in [5.74, 6) is 0. The van der Waals surface area contributed by atoms with Gasteiger partial charge in [-0.05, 0) is 24.0 Å². The summed E-state index contributed by atoms with van der Waals surface area (Å²) in [7, 11) is 0.